The van der Waals surface area contributed by atoms with Crippen molar-refractivity contribution in [2.45, 2.75) is 32.7 Å². The van der Waals surface area contributed by atoms with Gasteiger partial charge in [-0.2, -0.15) is 0 Å². The average molecular weight is 267 g/mol. The van der Waals surface area contributed by atoms with E-state index in [2.05, 4.69) is 36.1 Å². The van der Waals surface area contributed by atoms with Crippen LogP contribution >= 0.6 is 0 Å². The van der Waals surface area contributed by atoms with Crippen LogP contribution in [-0.4, -0.2) is 37.1 Å². The van der Waals surface area contributed by atoms with Gasteiger partial charge in [0.25, 0.3) is 0 Å². The lowest BCUT2D eigenvalue weighted by molar-refractivity contribution is 0.247. The van der Waals surface area contributed by atoms with Gasteiger partial charge in [-0.25, -0.2) is 4.39 Å². The summed E-state index contributed by atoms with van der Waals surface area (Å²) >= 11 is 0. The monoisotopic (exact) mass is 267 g/mol. The third kappa shape index (κ3) is 5.25. The number of halogens is 1. The van der Waals surface area contributed by atoms with Gasteiger partial charge in [-0.05, 0) is 45.1 Å². The van der Waals surface area contributed by atoms with Crippen molar-refractivity contribution in [3.8, 4) is 0 Å². The molecule has 0 aliphatic rings. The predicted molar refractivity (Wildman–Crippen MR) is 77.6 cm³/mol. The number of unbranched alkanes of at least 4 members (excludes halogenated alkanes) is 1. The van der Waals surface area contributed by atoms with Gasteiger partial charge in [-0.3, -0.25) is 4.98 Å². The second-order valence-electron chi connectivity index (χ2n) is 5.26. The zero-order valence-corrected chi connectivity index (χ0v) is 12.5. The van der Waals surface area contributed by atoms with E-state index in [-0.39, 0.29) is 11.9 Å². The van der Waals surface area contributed by atoms with E-state index < -0.39 is 0 Å². The summed E-state index contributed by atoms with van der Waals surface area (Å²) in [6, 6.07) is 3.39. The van der Waals surface area contributed by atoms with E-state index >= 15 is 0 Å². The molecule has 0 aromatic carbocycles. The zero-order valence-electron chi connectivity index (χ0n) is 12.5. The molecule has 108 valence electrons. The maximum absolute atomic E-state index is 12.9. The van der Waals surface area contributed by atoms with E-state index in [9.17, 15) is 4.39 Å². The van der Waals surface area contributed by atoms with Crippen LogP contribution in [0.4, 0.5) is 4.39 Å². The highest BCUT2D eigenvalue weighted by Gasteiger charge is 2.20. The second kappa shape index (κ2) is 8.23. The number of hydrogen-bond acceptors (Lipinski definition) is 3. The second-order valence-corrected chi connectivity index (χ2v) is 5.26. The summed E-state index contributed by atoms with van der Waals surface area (Å²) in [5.74, 6) is 0.135. The van der Waals surface area contributed by atoms with Crippen LogP contribution in [0.25, 0.3) is 0 Å². The molecule has 1 heterocycles. The first-order chi connectivity index (χ1) is 9.08. The molecule has 1 aromatic rings. The smallest absolute Gasteiger partial charge is 0.141 e. The van der Waals surface area contributed by atoms with Crippen LogP contribution in [0.5, 0.6) is 0 Å². The highest BCUT2D eigenvalue weighted by molar-refractivity contribution is 5.10. The topological polar surface area (TPSA) is 28.2 Å². The minimum absolute atomic E-state index is 0.157. The van der Waals surface area contributed by atoms with Crippen molar-refractivity contribution in [1.82, 2.24) is 15.2 Å². The van der Waals surface area contributed by atoms with Crippen molar-refractivity contribution in [2.24, 2.45) is 5.92 Å². The number of rotatable bonds is 8. The summed E-state index contributed by atoms with van der Waals surface area (Å²) in [6.45, 7) is 6.53. The quantitative estimate of drug-likeness (QED) is 0.785. The summed E-state index contributed by atoms with van der Waals surface area (Å²) < 4.78 is 12.9. The summed E-state index contributed by atoms with van der Waals surface area (Å²) in [6.07, 6.45) is 3.73. The van der Waals surface area contributed by atoms with Crippen LogP contribution in [0.2, 0.25) is 0 Å². The van der Waals surface area contributed by atoms with Crippen molar-refractivity contribution >= 4 is 0 Å². The third-order valence-corrected chi connectivity index (χ3v) is 3.44. The van der Waals surface area contributed by atoms with Gasteiger partial charge < -0.3 is 10.2 Å². The average Bonchev–Trinajstić information content (AvgIpc) is 2.39. The molecular weight excluding hydrogens is 241 g/mol. The zero-order chi connectivity index (χ0) is 14.3. The summed E-state index contributed by atoms with van der Waals surface area (Å²) in [5.41, 5.74) is 0.903. The molecule has 1 aromatic heterocycles. The summed E-state index contributed by atoms with van der Waals surface area (Å²) in [7, 11) is 4.08. The van der Waals surface area contributed by atoms with Crippen LogP contribution < -0.4 is 5.32 Å². The Hall–Kier alpha value is -1.00. The predicted octanol–water partition coefficient (Wildman–Crippen LogP) is 2.85. The molecular formula is C15H26FN3. The van der Waals surface area contributed by atoms with Crippen LogP contribution in [0.15, 0.2) is 18.3 Å². The van der Waals surface area contributed by atoms with Gasteiger partial charge in [0.2, 0.25) is 0 Å². The molecule has 1 N–H and O–H groups in total. The van der Waals surface area contributed by atoms with Crippen molar-refractivity contribution < 1.29 is 4.39 Å². The maximum Gasteiger partial charge on any atom is 0.141 e. The van der Waals surface area contributed by atoms with Gasteiger partial charge in [0.1, 0.15) is 5.82 Å². The molecule has 0 bridgehead atoms. The molecule has 0 spiro atoms. The SMILES string of the molecule is CCCCN(C)CC(C)C(NC)c1ccc(F)cn1. The van der Waals surface area contributed by atoms with Crippen molar-refractivity contribution in [1.29, 1.82) is 0 Å². The molecule has 19 heavy (non-hydrogen) atoms. The Morgan fingerprint density at radius 2 is 2.16 bits per heavy atom. The lowest BCUT2D eigenvalue weighted by Gasteiger charge is -2.27. The van der Waals surface area contributed by atoms with E-state index in [0.29, 0.717) is 5.92 Å². The highest BCUT2D eigenvalue weighted by Crippen LogP contribution is 2.20. The molecule has 2 unspecified atom stereocenters. The minimum Gasteiger partial charge on any atom is -0.311 e. The minimum atomic E-state index is -0.286. The third-order valence-electron chi connectivity index (χ3n) is 3.44. The fraction of sp³-hybridized carbons (Fsp3) is 0.667. The number of pyridine rings is 1. The van der Waals surface area contributed by atoms with E-state index in [1.165, 1.54) is 25.1 Å². The highest BCUT2D eigenvalue weighted by atomic mass is 19.1. The first-order valence-corrected chi connectivity index (χ1v) is 7.05. The fourth-order valence-electron chi connectivity index (χ4n) is 2.41. The van der Waals surface area contributed by atoms with E-state index in [1.807, 2.05) is 7.05 Å². The van der Waals surface area contributed by atoms with Gasteiger partial charge in [0.05, 0.1) is 17.9 Å². The Labute approximate surface area is 116 Å². The molecule has 2 atom stereocenters. The van der Waals surface area contributed by atoms with Crippen LogP contribution in [-0.2, 0) is 0 Å². The molecule has 0 aliphatic heterocycles. The molecule has 1 rings (SSSR count). The Kier molecular flexibility index (Phi) is 6.95. The lowest BCUT2D eigenvalue weighted by Crippen LogP contribution is -2.33. The van der Waals surface area contributed by atoms with E-state index in [1.54, 1.807) is 6.07 Å². The molecule has 0 amide bonds. The fourth-order valence-corrected chi connectivity index (χ4v) is 2.41. The number of hydrogen-bond donors (Lipinski definition) is 1. The first kappa shape index (κ1) is 16.1. The summed E-state index contributed by atoms with van der Waals surface area (Å²) in [4.78, 5) is 6.53. The van der Waals surface area contributed by atoms with E-state index in [0.717, 1.165) is 18.8 Å². The number of nitrogens with one attached hydrogen (secondary N) is 1. The number of nitrogens with zero attached hydrogens (tertiary/aromatic N) is 2. The molecule has 0 aliphatic carbocycles. The van der Waals surface area contributed by atoms with Gasteiger partial charge >= 0.3 is 0 Å². The van der Waals surface area contributed by atoms with Crippen molar-refractivity contribution in [2.75, 3.05) is 27.2 Å². The van der Waals surface area contributed by atoms with Gasteiger partial charge in [-0.15, -0.1) is 0 Å². The molecule has 0 fully saturated rings. The molecule has 4 heteroatoms. The van der Waals surface area contributed by atoms with Crippen LogP contribution in [0, 0.1) is 11.7 Å². The maximum atomic E-state index is 12.9. The Balaban J connectivity index is 2.60. The molecule has 0 saturated heterocycles. The van der Waals surface area contributed by atoms with Crippen LogP contribution in [0.1, 0.15) is 38.4 Å². The van der Waals surface area contributed by atoms with Crippen molar-refractivity contribution in [3.05, 3.63) is 29.8 Å². The number of aromatic nitrogens is 1. The summed E-state index contributed by atoms with van der Waals surface area (Å²) in [5, 5.41) is 3.29. The molecule has 3 nitrogen and oxygen atoms in total. The van der Waals surface area contributed by atoms with Gasteiger partial charge in [0.15, 0.2) is 0 Å². The Morgan fingerprint density at radius 1 is 1.42 bits per heavy atom. The van der Waals surface area contributed by atoms with Gasteiger partial charge in [-0.1, -0.05) is 20.3 Å². The Morgan fingerprint density at radius 3 is 2.68 bits per heavy atom. The first-order valence-electron chi connectivity index (χ1n) is 7.05. The normalized spacial score (nSPS) is 14.6. The largest absolute Gasteiger partial charge is 0.311 e. The van der Waals surface area contributed by atoms with Gasteiger partial charge in [0, 0.05) is 6.54 Å². The van der Waals surface area contributed by atoms with Crippen LogP contribution in [0.3, 0.4) is 0 Å². The lowest BCUT2D eigenvalue weighted by atomic mass is 9.98. The standard InChI is InChI=1S/C15H26FN3/c1-5-6-9-19(4)11-12(2)15(17-3)14-8-7-13(16)10-18-14/h7-8,10,12,15,17H,5-6,9,11H2,1-4H3. The Bertz CT molecular complexity index is 353. The molecule has 0 saturated carbocycles. The molecule has 0 radical (unpaired) electrons. The van der Waals surface area contributed by atoms with E-state index in [4.69, 9.17) is 0 Å². The van der Waals surface area contributed by atoms with Crippen molar-refractivity contribution in [3.63, 3.8) is 0 Å².